The number of fused-ring (bicyclic) bond motifs is 1. The molecular formula is C13H18N2OS. The van der Waals surface area contributed by atoms with Crippen molar-refractivity contribution in [2.75, 3.05) is 11.5 Å². The van der Waals surface area contributed by atoms with Crippen molar-refractivity contribution in [3.05, 3.63) is 34.7 Å². The predicted octanol–water partition coefficient (Wildman–Crippen LogP) is 2.48. The molecule has 0 amide bonds. The van der Waals surface area contributed by atoms with Crippen molar-refractivity contribution in [2.45, 2.75) is 19.9 Å². The molecule has 0 N–H and O–H groups in total. The Morgan fingerprint density at radius 1 is 1.24 bits per heavy atom. The molecule has 0 spiro atoms. The Hall–Kier alpha value is -1.16. The number of nitrogens with zero attached hydrogens (tertiary/aromatic N) is 2. The van der Waals surface area contributed by atoms with E-state index in [1.165, 1.54) is 0 Å². The Balaban J connectivity index is 2.27. The second-order valence-corrected chi connectivity index (χ2v) is 5.43. The van der Waals surface area contributed by atoms with Crippen molar-refractivity contribution in [1.82, 2.24) is 9.13 Å². The molecule has 0 fully saturated rings. The molecule has 0 atom stereocenters. The van der Waals surface area contributed by atoms with E-state index in [9.17, 15) is 4.79 Å². The molecule has 0 saturated carbocycles. The van der Waals surface area contributed by atoms with Crippen LogP contribution in [0.4, 0.5) is 0 Å². The van der Waals surface area contributed by atoms with Crippen molar-refractivity contribution in [3.8, 4) is 0 Å². The van der Waals surface area contributed by atoms with Crippen molar-refractivity contribution >= 4 is 22.8 Å². The topological polar surface area (TPSA) is 26.9 Å². The van der Waals surface area contributed by atoms with Crippen LogP contribution in [0.3, 0.4) is 0 Å². The van der Waals surface area contributed by atoms with Gasteiger partial charge in [-0.25, -0.2) is 4.79 Å². The molecule has 1 heterocycles. The van der Waals surface area contributed by atoms with Gasteiger partial charge in [-0.05, 0) is 30.1 Å². The maximum absolute atomic E-state index is 12.1. The van der Waals surface area contributed by atoms with Crippen LogP contribution in [-0.2, 0) is 13.6 Å². The minimum Gasteiger partial charge on any atom is -0.295 e. The highest BCUT2D eigenvalue weighted by molar-refractivity contribution is 7.99. The number of aromatic nitrogens is 2. The van der Waals surface area contributed by atoms with E-state index < -0.39 is 0 Å². The van der Waals surface area contributed by atoms with Gasteiger partial charge in [-0.2, -0.15) is 11.8 Å². The van der Waals surface area contributed by atoms with Crippen LogP contribution < -0.4 is 5.69 Å². The zero-order valence-electron chi connectivity index (χ0n) is 10.3. The molecule has 0 saturated heterocycles. The third-order valence-corrected chi connectivity index (χ3v) is 3.91. The summed E-state index contributed by atoms with van der Waals surface area (Å²) in [6, 6.07) is 7.97. The summed E-state index contributed by atoms with van der Waals surface area (Å²) in [5.41, 5.74) is 2.15. The van der Waals surface area contributed by atoms with E-state index in [0.717, 1.165) is 35.5 Å². The Kier molecular flexibility index (Phi) is 3.94. The fourth-order valence-corrected chi connectivity index (χ4v) is 2.67. The molecule has 0 aliphatic carbocycles. The lowest BCUT2D eigenvalue weighted by Gasteiger charge is -2.02. The van der Waals surface area contributed by atoms with Crippen molar-refractivity contribution in [3.63, 3.8) is 0 Å². The number of aryl methyl sites for hydroxylation is 2. The smallest absolute Gasteiger partial charge is 0.295 e. The summed E-state index contributed by atoms with van der Waals surface area (Å²) in [5, 5.41) is 0. The second kappa shape index (κ2) is 5.45. The van der Waals surface area contributed by atoms with Crippen LogP contribution in [0.25, 0.3) is 11.0 Å². The average molecular weight is 250 g/mol. The first kappa shape index (κ1) is 12.3. The molecule has 92 valence electrons. The first-order chi connectivity index (χ1) is 8.25. The molecular weight excluding hydrogens is 232 g/mol. The first-order valence-electron chi connectivity index (χ1n) is 5.97. The molecule has 4 heteroatoms. The molecule has 2 rings (SSSR count). The van der Waals surface area contributed by atoms with Gasteiger partial charge in [0.2, 0.25) is 0 Å². The number of benzene rings is 1. The van der Waals surface area contributed by atoms with Gasteiger partial charge in [-0.1, -0.05) is 19.1 Å². The largest absolute Gasteiger partial charge is 0.328 e. The fourth-order valence-electron chi connectivity index (χ4n) is 2.05. The van der Waals surface area contributed by atoms with Gasteiger partial charge in [-0.15, -0.1) is 0 Å². The van der Waals surface area contributed by atoms with Crippen LogP contribution in [0.2, 0.25) is 0 Å². The lowest BCUT2D eigenvalue weighted by atomic mass is 10.3. The third-order valence-electron chi connectivity index (χ3n) is 2.93. The van der Waals surface area contributed by atoms with Crippen molar-refractivity contribution in [2.24, 2.45) is 7.05 Å². The summed E-state index contributed by atoms with van der Waals surface area (Å²) in [5.74, 6) is 2.26. The Morgan fingerprint density at radius 2 is 1.94 bits per heavy atom. The number of hydrogen-bond donors (Lipinski definition) is 0. The molecule has 1 aromatic heterocycles. The lowest BCUT2D eigenvalue weighted by Crippen LogP contribution is -2.22. The van der Waals surface area contributed by atoms with Gasteiger partial charge in [0, 0.05) is 13.6 Å². The van der Waals surface area contributed by atoms with Gasteiger partial charge < -0.3 is 0 Å². The minimum atomic E-state index is 0.0905. The highest BCUT2D eigenvalue weighted by Crippen LogP contribution is 2.12. The summed E-state index contributed by atoms with van der Waals surface area (Å²) in [7, 11) is 1.84. The molecule has 2 aromatic rings. The van der Waals surface area contributed by atoms with E-state index in [2.05, 4.69) is 6.92 Å². The van der Waals surface area contributed by atoms with E-state index in [4.69, 9.17) is 0 Å². The Labute approximate surface area is 105 Å². The van der Waals surface area contributed by atoms with Crippen LogP contribution in [0.5, 0.6) is 0 Å². The van der Waals surface area contributed by atoms with E-state index in [0.29, 0.717) is 0 Å². The van der Waals surface area contributed by atoms with Crippen LogP contribution >= 0.6 is 11.8 Å². The summed E-state index contributed by atoms with van der Waals surface area (Å²) < 4.78 is 3.61. The number of rotatable bonds is 5. The SMILES string of the molecule is CCSCCCn1c(=O)n(C)c2ccccc21. The molecule has 1 aromatic carbocycles. The highest BCUT2D eigenvalue weighted by atomic mass is 32.2. The zero-order chi connectivity index (χ0) is 12.3. The summed E-state index contributed by atoms with van der Waals surface area (Å²) in [6.45, 7) is 2.97. The average Bonchev–Trinajstić information content (AvgIpc) is 2.60. The quantitative estimate of drug-likeness (QED) is 0.762. The van der Waals surface area contributed by atoms with Gasteiger partial charge in [0.05, 0.1) is 11.0 Å². The molecule has 3 nitrogen and oxygen atoms in total. The van der Waals surface area contributed by atoms with E-state index in [1.807, 2.05) is 47.6 Å². The Morgan fingerprint density at radius 3 is 2.65 bits per heavy atom. The maximum Gasteiger partial charge on any atom is 0.328 e. The first-order valence-corrected chi connectivity index (χ1v) is 7.13. The van der Waals surface area contributed by atoms with Gasteiger partial charge >= 0.3 is 5.69 Å². The standard InChI is InChI=1S/C13H18N2OS/c1-3-17-10-6-9-15-12-8-5-4-7-11(12)14(2)13(15)16/h4-5,7-8H,3,6,9-10H2,1-2H3. The normalized spacial score (nSPS) is 11.2. The molecule has 0 unspecified atom stereocenters. The van der Waals surface area contributed by atoms with E-state index in [-0.39, 0.29) is 5.69 Å². The number of hydrogen-bond acceptors (Lipinski definition) is 2. The predicted molar refractivity (Wildman–Crippen MR) is 74.8 cm³/mol. The summed E-state index contributed by atoms with van der Waals surface area (Å²) in [4.78, 5) is 12.1. The monoisotopic (exact) mass is 250 g/mol. The van der Waals surface area contributed by atoms with Gasteiger partial charge in [0.25, 0.3) is 0 Å². The third kappa shape index (κ3) is 2.41. The molecule has 17 heavy (non-hydrogen) atoms. The Bertz CT molecular complexity index is 556. The fraction of sp³-hybridized carbons (Fsp3) is 0.462. The highest BCUT2D eigenvalue weighted by Gasteiger charge is 2.08. The van der Waals surface area contributed by atoms with Gasteiger partial charge in [-0.3, -0.25) is 9.13 Å². The molecule has 0 radical (unpaired) electrons. The van der Waals surface area contributed by atoms with Gasteiger partial charge in [0.15, 0.2) is 0 Å². The maximum atomic E-state index is 12.1. The molecule has 0 aliphatic rings. The van der Waals surface area contributed by atoms with Crippen LogP contribution in [0.15, 0.2) is 29.1 Å². The van der Waals surface area contributed by atoms with Gasteiger partial charge in [0.1, 0.15) is 0 Å². The van der Waals surface area contributed by atoms with Crippen molar-refractivity contribution < 1.29 is 0 Å². The summed E-state index contributed by atoms with van der Waals surface area (Å²) in [6.07, 6.45) is 1.05. The second-order valence-electron chi connectivity index (χ2n) is 4.03. The van der Waals surface area contributed by atoms with E-state index >= 15 is 0 Å². The van der Waals surface area contributed by atoms with Crippen LogP contribution in [0.1, 0.15) is 13.3 Å². The number of imidazole rings is 1. The van der Waals surface area contributed by atoms with E-state index in [1.54, 1.807) is 4.57 Å². The summed E-state index contributed by atoms with van der Waals surface area (Å²) >= 11 is 1.92. The molecule has 0 bridgehead atoms. The van der Waals surface area contributed by atoms with Crippen LogP contribution in [-0.4, -0.2) is 20.6 Å². The van der Waals surface area contributed by atoms with Crippen molar-refractivity contribution in [1.29, 1.82) is 0 Å². The van der Waals surface area contributed by atoms with Crippen LogP contribution in [0, 0.1) is 0 Å². The minimum absolute atomic E-state index is 0.0905. The zero-order valence-corrected chi connectivity index (χ0v) is 11.2. The molecule has 0 aliphatic heterocycles. The lowest BCUT2D eigenvalue weighted by molar-refractivity contribution is 0.656. The number of thioether (sulfide) groups is 1. The number of para-hydroxylation sites is 2.